The topological polar surface area (TPSA) is 51.0 Å². The second-order valence-corrected chi connectivity index (χ2v) is 10.5. The summed E-state index contributed by atoms with van der Waals surface area (Å²) < 4.78 is 3.07. The lowest BCUT2D eigenvalue weighted by Crippen LogP contribution is -2.29. The molecular formula is C24H19ClN4OS2. The molecular weight excluding hydrogens is 460 g/mol. The van der Waals surface area contributed by atoms with Crippen molar-refractivity contribution in [3.8, 4) is 5.69 Å². The van der Waals surface area contributed by atoms with Crippen LogP contribution < -0.4 is 0 Å². The lowest BCUT2D eigenvalue weighted by atomic mass is 10.2. The number of halogens is 1. The summed E-state index contributed by atoms with van der Waals surface area (Å²) in [4.78, 5) is 22.1. The molecule has 0 bridgehead atoms. The average Bonchev–Trinajstić information content (AvgIpc) is 3.57. The van der Waals surface area contributed by atoms with Gasteiger partial charge in [0.25, 0.3) is 5.91 Å². The third kappa shape index (κ3) is 3.23. The second-order valence-electron chi connectivity index (χ2n) is 7.98. The van der Waals surface area contributed by atoms with Crippen LogP contribution >= 0.6 is 34.3 Å². The van der Waals surface area contributed by atoms with Gasteiger partial charge in [-0.15, -0.1) is 22.7 Å². The number of likely N-dealkylation sites (tertiary alicyclic amines) is 1. The van der Waals surface area contributed by atoms with Crippen molar-refractivity contribution in [1.82, 2.24) is 19.7 Å². The first kappa shape index (κ1) is 19.9. The van der Waals surface area contributed by atoms with E-state index in [-0.39, 0.29) is 11.9 Å². The molecule has 32 heavy (non-hydrogen) atoms. The van der Waals surface area contributed by atoms with E-state index < -0.39 is 0 Å². The lowest BCUT2D eigenvalue weighted by molar-refractivity contribution is 0.0740. The van der Waals surface area contributed by atoms with Gasteiger partial charge in [0.05, 0.1) is 32.5 Å². The van der Waals surface area contributed by atoms with Gasteiger partial charge in [0.1, 0.15) is 9.84 Å². The summed E-state index contributed by atoms with van der Waals surface area (Å²) in [5.74, 6) is 0.0787. The van der Waals surface area contributed by atoms with Crippen molar-refractivity contribution in [3.63, 3.8) is 0 Å². The fourth-order valence-corrected chi connectivity index (χ4v) is 6.73. The fourth-order valence-electron chi connectivity index (χ4n) is 4.35. The molecule has 1 aliphatic rings. The third-order valence-corrected chi connectivity index (χ3v) is 8.42. The smallest absolute Gasteiger partial charge is 0.264 e. The Hall–Kier alpha value is -2.74. The van der Waals surface area contributed by atoms with Gasteiger partial charge < -0.3 is 4.90 Å². The van der Waals surface area contributed by atoms with Crippen LogP contribution in [0.1, 0.15) is 39.3 Å². The van der Waals surface area contributed by atoms with Gasteiger partial charge in [-0.2, -0.15) is 5.10 Å². The largest absolute Gasteiger partial charge is 0.328 e. The highest BCUT2D eigenvalue weighted by molar-refractivity contribution is 7.20. The van der Waals surface area contributed by atoms with E-state index in [1.54, 1.807) is 11.3 Å². The molecule has 8 heteroatoms. The predicted molar refractivity (Wildman–Crippen MR) is 131 cm³/mol. The maximum Gasteiger partial charge on any atom is 0.264 e. The van der Waals surface area contributed by atoms with Crippen molar-refractivity contribution in [1.29, 1.82) is 0 Å². The van der Waals surface area contributed by atoms with E-state index in [1.807, 2.05) is 65.0 Å². The SMILES string of the molecule is Cc1nn(-c2ccc(Cl)cc2)c2sc(C(=O)N3CCC[C@@H]3c3nc4ccccc4s3)cc12. The fraction of sp³-hybridized carbons (Fsp3) is 0.208. The molecule has 3 aromatic heterocycles. The van der Waals surface area contributed by atoms with Crippen LogP contribution in [0.4, 0.5) is 0 Å². The minimum absolute atomic E-state index is 0.0407. The molecule has 1 atom stereocenters. The standard InChI is InChI=1S/C24H19ClN4OS2/c1-14-17-13-21(32-24(17)29(27-14)16-10-8-15(25)9-11-16)23(30)28-12-4-6-19(28)22-26-18-5-2-3-7-20(18)31-22/h2-3,5,7-11,13,19H,4,6,12H2,1H3/t19-/m1/s1. The van der Waals surface area contributed by atoms with Gasteiger partial charge in [0.2, 0.25) is 0 Å². The van der Waals surface area contributed by atoms with Crippen LogP contribution in [-0.4, -0.2) is 32.1 Å². The number of carbonyl (C=O) groups is 1. The molecule has 5 aromatic rings. The first-order valence-corrected chi connectivity index (χ1v) is 12.5. The third-order valence-electron chi connectivity index (χ3n) is 5.94. The zero-order valence-electron chi connectivity index (χ0n) is 17.3. The van der Waals surface area contributed by atoms with Crippen LogP contribution in [-0.2, 0) is 0 Å². The van der Waals surface area contributed by atoms with E-state index >= 15 is 0 Å². The molecule has 0 radical (unpaired) electrons. The van der Waals surface area contributed by atoms with Crippen LogP contribution in [0.25, 0.3) is 26.1 Å². The highest BCUT2D eigenvalue weighted by Crippen LogP contribution is 2.39. The summed E-state index contributed by atoms with van der Waals surface area (Å²) in [6.07, 6.45) is 1.95. The minimum atomic E-state index is 0.0407. The number of hydrogen-bond donors (Lipinski definition) is 0. The van der Waals surface area contributed by atoms with Gasteiger partial charge in [-0.3, -0.25) is 4.79 Å². The number of aromatic nitrogens is 3. The van der Waals surface area contributed by atoms with Crippen LogP contribution in [0.3, 0.4) is 0 Å². The number of benzene rings is 2. The number of hydrogen-bond acceptors (Lipinski definition) is 5. The summed E-state index contributed by atoms with van der Waals surface area (Å²) in [5.41, 5.74) is 2.85. The monoisotopic (exact) mass is 478 g/mol. The zero-order valence-corrected chi connectivity index (χ0v) is 19.7. The molecule has 2 aromatic carbocycles. The Labute approximate surface area is 197 Å². The summed E-state index contributed by atoms with van der Waals surface area (Å²) in [5, 5.41) is 7.42. The van der Waals surface area contributed by atoms with Gasteiger partial charge in [-0.25, -0.2) is 9.67 Å². The molecule has 1 fully saturated rings. The van der Waals surface area contributed by atoms with E-state index in [0.717, 1.165) is 56.4 Å². The van der Waals surface area contributed by atoms with Crippen LogP contribution in [0.5, 0.6) is 0 Å². The molecule has 6 rings (SSSR count). The Balaban J connectivity index is 1.36. The molecule has 4 heterocycles. The van der Waals surface area contributed by atoms with Crippen molar-refractivity contribution >= 4 is 60.6 Å². The Morgan fingerprint density at radius 1 is 1.12 bits per heavy atom. The van der Waals surface area contributed by atoms with Gasteiger partial charge in [0, 0.05) is 17.0 Å². The van der Waals surface area contributed by atoms with Gasteiger partial charge in [0.15, 0.2) is 0 Å². The second kappa shape index (κ2) is 7.69. The highest BCUT2D eigenvalue weighted by atomic mass is 35.5. The number of nitrogens with zero attached hydrogens (tertiary/aromatic N) is 4. The first-order valence-electron chi connectivity index (χ1n) is 10.5. The number of rotatable bonds is 3. The number of fused-ring (bicyclic) bond motifs is 2. The van der Waals surface area contributed by atoms with Crippen molar-refractivity contribution in [2.45, 2.75) is 25.8 Å². The Bertz CT molecular complexity index is 1430. The van der Waals surface area contributed by atoms with Crippen LogP contribution in [0.15, 0.2) is 54.6 Å². The van der Waals surface area contributed by atoms with Crippen molar-refractivity contribution < 1.29 is 4.79 Å². The maximum absolute atomic E-state index is 13.6. The summed E-state index contributed by atoms with van der Waals surface area (Å²) >= 11 is 9.24. The van der Waals surface area contributed by atoms with E-state index in [0.29, 0.717) is 5.02 Å². The number of para-hydroxylation sites is 1. The molecule has 0 aliphatic carbocycles. The molecule has 0 N–H and O–H groups in total. The predicted octanol–water partition coefficient (Wildman–Crippen LogP) is 6.64. The zero-order chi connectivity index (χ0) is 21.8. The highest BCUT2D eigenvalue weighted by Gasteiger charge is 2.34. The molecule has 5 nitrogen and oxygen atoms in total. The summed E-state index contributed by atoms with van der Waals surface area (Å²) in [6, 6.07) is 17.8. The molecule has 1 amide bonds. The number of thiophene rings is 1. The number of carbonyl (C=O) groups excluding carboxylic acids is 1. The Morgan fingerprint density at radius 2 is 1.94 bits per heavy atom. The van der Waals surface area contributed by atoms with E-state index in [2.05, 4.69) is 11.2 Å². The maximum atomic E-state index is 13.6. The number of thiazole rings is 1. The number of aryl methyl sites for hydroxylation is 1. The van der Waals surface area contributed by atoms with Crippen molar-refractivity contribution in [2.75, 3.05) is 6.54 Å². The number of amides is 1. The van der Waals surface area contributed by atoms with Crippen LogP contribution in [0.2, 0.25) is 5.02 Å². The quantitative estimate of drug-likeness (QED) is 0.292. The van der Waals surface area contributed by atoms with E-state index in [4.69, 9.17) is 16.6 Å². The molecule has 0 unspecified atom stereocenters. The normalized spacial score (nSPS) is 16.4. The van der Waals surface area contributed by atoms with E-state index in [1.165, 1.54) is 16.0 Å². The molecule has 0 spiro atoms. The lowest BCUT2D eigenvalue weighted by Gasteiger charge is -2.22. The molecule has 160 valence electrons. The van der Waals surface area contributed by atoms with Crippen molar-refractivity contribution in [3.05, 3.63) is 75.2 Å². The van der Waals surface area contributed by atoms with Gasteiger partial charge in [-0.1, -0.05) is 23.7 Å². The molecule has 1 aliphatic heterocycles. The van der Waals surface area contributed by atoms with E-state index in [9.17, 15) is 4.79 Å². The average molecular weight is 479 g/mol. The first-order chi connectivity index (χ1) is 15.6. The Morgan fingerprint density at radius 3 is 2.75 bits per heavy atom. The molecule has 1 saturated heterocycles. The van der Waals surface area contributed by atoms with Gasteiger partial charge in [-0.05, 0) is 62.2 Å². The van der Waals surface area contributed by atoms with Gasteiger partial charge >= 0.3 is 0 Å². The minimum Gasteiger partial charge on any atom is -0.328 e. The van der Waals surface area contributed by atoms with Crippen LogP contribution in [0, 0.1) is 6.92 Å². The molecule has 0 saturated carbocycles. The Kier molecular flexibility index (Phi) is 4.78. The summed E-state index contributed by atoms with van der Waals surface area (Å²) in [7, 11) is 0. The van der Waals surface area contributed by atoms with Crippen molar-refractivity contribution in [2.24, 2.45) is 0 Å². The summed E-state index contributed by atoms with van der Waals surface area (Å²) in [6.45, 7) is 2.74.